The van der Waals surface area contributed by atoms with Gasteiger partial charge in [-0.3, -0.25) is 9.48 Å². The van der Waals surface area contributed by atoms with Crippen molar-refractivity contribution in [2.45, 2.75) is 6.92 Å². The summed E-state index contributed by atoms with van der Waals surface area (Å²) in [5.74, 6) is -2.64. The van der Waals surface area contributed by atoms with Crippen molar-refractivity contribution in [3.63, 3.8) is 0 Å². The van der Waals surface area contributed by atoms with Crippen LogP contribution in [0.2, 0.25) is 0 Å². The molecule has 0 aliphatic rings. The number of carbonyl (C=O) groups excluding carboxylic acids is 1. The van der Waals surface area contributed by atoms with Gasteiger partial charge in [0.15, 0.2) is 5.69 Å². The quantitative estimate of drug-likeness (QED) is 0.896. The highest BCUT2D eigenvalue weighted by atomic mass is 19.1. The second-order valence-electron chi connectivity index (χ2n) is 4.31. The molecule has 0 atom stereocenters. The Balaban J connectivity index is 2.33. The smallest absolute Gasteiger partial charge is 0.339 e. The van der Waals surface area contributed by atoms with Gasteiger partial charge in [-0.25, -0.2) is 9.18 Å². The molecule has 0 unspecified atom stereocenters. The van der Waals surface area contributed by atoms with E-state index >= 15 is 0 Å². The van der Waals surface area contributed by atoms with E-state index < -0.39 is 17.7 Å². The van der Waals surface area contributed by atoms with Crippen LogP contribution in [0.25, 0.3) is 0 Å². The molecule has 0 bridgehead atoms. The summed E-state index contributed by atoms with van der Waals surface area (Å²) in [6.07, 6.45) is 1.21. The van der Waals surface area contributed by atoms with Crippen molar-refractivity contribution in [1.29, 1.82) is 0 Å². The van der Waals surface area contributed by atoms with Gasteiger partial charge >= 0.3 is 5.97 Å². The lowest BCUT2D eigenvalue weighted by molar-refractivity contribution is 0.0692. The highest BCUT2D eigenvalue weighted by Crippen LogP contribution is 2.17. The normalized spacial score (nSPS) is 10.3. The maximum atomic E-state index is 13.6. The van der Waals surface area contributed by atoms with Crippen molar-refractivity contribution in [3.05, 3.63) is 47.0 Å². The third-order valence-electron chi connectivity index (χ3n) is 2.64. The molecule has 0 radical (unpaired) electrons. The minimum atomic E-state index is -1.27. The molecule has 1 heterocycles. The summed E-state index contributed by atoms with van der Waals surface area (Å²) in [6.45, 7) is 1.75. The fourth-order valence-corrected chi connectivity index (χ4v) is 1.73. The maximum Gasteiger partial charge on any atom is 0.339 e. The van der Waals surface area contributed by atoms with Crippen LogP contribution in [0.5, 0.6) is 0 Å². The van der Waals surface area contributed by atoms with Crippen molar-refractivity contribution >= 4 is 17.6 Å². The minimum absolute atomic E-state index is 0.0167. The summed E-state index contributed by atoms with van der Waals surface area (Å²) in [7, 11) is 1.50. The van der Waals surface area contributed by atoms with Gasteiger partial charge in [-0.15, -0.1) is 0 Å². The molecule has 0 saturated carbocycles. The third kappa shape index (κ3) is 2.66. The molecule has 0 saturated heterocycles. The van der Waals surface area contributed by atoms with E-state index in [0.717, 1.165) is 5.56 Å². The van der Waals surface area contributed by atoms with Crippen LogP contribution in [-0.2, 0) is 7.05 Å². The summed E-state index contributed by atoms with van der Waals surface area (Å²) in [4.78, 5) is 23.0. The van der Waals surface area contributed by atoms with Gasteiger partial charge in [0.25, 0.3) is 5.91 Å². The first-order valence-corrected chi connectivity index (χ1v) is 5.73. The van der Waals surface area contributed by atoms with Crippen LogP contribution in [0.15, 0.2) is 24.4 Å². The van der Waals surface area contributed by atoms with Gasteiger partial charge in [0.05, 0.1) is 5.69 Å². The molecule has 20 heavy (non-hydrogen) atoms. The standard InChI is InChI=1S/C13H12FN3O3/c1-7-3-4-9(14)10(5-7)15-12(18)11-8(13(19)20)6-17(2)16-11/h3-6H,1-2H3,(H,15,18)(H,19,20). The summed E-state index contributed by atoms with van der Waals surface area (Å²) in [5, 5.41) is 15.1. The lowest BCUT2D eigenvalue weighted by atomic mass is 10.2. The number of carboxylic acids is 1. The SMILES string of the molecule is Cc1ccc(F)c(NC(=O)c2nn(C)cc2C(=O)O)c1. The summed E-state index contributed by atoms with van der Waals surface area (Å²) >= 11 is 0. The first-order valence-electron chi connectivity index (χ1n) is 5.73. The number of carboxylic acid groups (broad SMARTS) is 1. The van der Waals surface area contributed by atoms with Crippen molar-refractivity contribution in [1.82, 2.24) is 9.78 Å². The molecule has 1 amide bonds. The number of carbonyl (C=O) groups is 2. The fraction of sp³-hybridized carbons (Fsp3) is 0.154. The molecule has 104 valence electrons. The summed E-state index contributed by atoms with van der Waals surface area (Å²) < 4.78 is 14.8. The fourth-order valence-electron chi connectivity index (χ4n) is 1.73. The molecular formula is C13H12FN3O3. The number of aromatic nitrogens is 2. The molecule has 0 aliphatic carbocycles. The predicted octanol–water partition coefficient (Wildman–Crippen LogP) is 1.82. The number of rotatable bonds is 3. The van der Waals surface area contributed by atoms with Crippen molar-refractivity contribution in [2.24, 2.45) is 7.05 Å². The van der Waals surface area contributed by atoms with Crippen LogP contribution in [0.1, 0.15) is 26.4 Å². The van der Waals surface area contributed by atoms with E-state index in [2.05, 4.69) is 10.4 Å². The largest absolute Gasteiger partial charge is 0.478 e. The third-order valence-corrected chi connectivity index (χ3v) is 2.64. The maximum absolute atomic E-state index is 13.6. The highest BCUT2D eigenvalue weighted by molar-refractivity contribution is 6.09. The zero-order valence-corrected chi connectivity index (χ0v) is 10.8. The Bertz CT molecular complexity index is 694. The number of nitrogens with zero attached hydrogens (tertiary/aromatic N) is 2. The van der Waals surface area contributed by atoms with Crippen LogP contribution in [0.4, 0.5) is 10.1 Å². The van der Waals surface area contributed by atoms with E-state index in [1.54, 1.807) is 13.0 Å². The van der Waals surface area contributed by atoms with Crippen LogP contribution in [0, 0.1) is 12.7 Å². The molecule has 0 spiro atoms. The van der Waals surface area contributed by atoms with Crippen LogP contribution in [-0.4, -0.2) is 26.8 Å². The molecule has 2 N–H and O–H groups in total. The number of hydrogen-bond donors (Lipinski definition) is 2. The average molecular weight is 277 g/mol. The molecule has 7 heteroatoms. The van der Waals surface area contributed by atoms with Gasteiger partial charge in [0, 0.05) is 13.2 Å². The number of halogens is 1. The first-order chi connectivity index (χ1) is 9.38. The summed E-state index contributed by atoms with van der Waals surface area (Å²) in [5.41, 5.74) is 0.247. The van der Waals surface area contributed by atoms with Crippen LogP contribution < -0.4 is 5.32 Å². The zero-order chi connectivity index (χ0) is 14.9. The molecule has 1 aromatic heterocycles. The molecule has 6 nitrogen and oxygen atoms in total. The van der Waals surface area contributed by atoms with E-state index in [-0.39, 0.29) is 16.9 Å². The number of anilines is 1. The highest BCUT2D eigenvalue weighted by Gasteiger charge is 2.21. The van der Waals surface area contributed by atoms with E-state index in [4.69, 9.17) is 5.11 Å². The van der Waals surface area contributed by atoms with Crippen molar-refractivity contribution < 1.29 is 19.1 Å². The second-order valence-corrected chi connectivity index (χ2v) is 4.31. The summed E-state index contributed by atoms with van der Waals surface area (Å²) in [6, 6.07) is 4.24. The van der Waals surface area contributed by atoms with E-state index in [1.165, 1.54) is 30.1 Å². The van der Waals surface area contributed by atoms with Crippen LogP contribution in [0.3, 0.4) is 0 Å². The Labute approximate surface area is 113 Å². The van der Waals surface area contributed by atoms with Gasteiger partial charge in [-0.05, 0) is 24.6 Å². The van der Waals surface area contributed by atoms with Gasteiger partial charge < -0.3 is 10.4 Å². The van der Waals surface area contributed by atoms with Gasteiger partial charge in [0.1, 0.15) is 11.4 Å². The molecule has 1 aromatic carbocycles. The number of benzene rings is 1. The average Bonchev–Trinajstić information content (AvgIpc) is 2.76. The molecular weight excluding hydrogens is 265 g/mol. The zero-order valence-electron chi connectivity index (χ0n) is 10.8. The van der Waals surface area contributed by atoms with Gasteiger partial charge in [0.2, 0.25) is 0 Å². The van der Waals surface area contributed by atoms with Gasteiger partial charge in [-0.2, -0.15) is 5.10 Å². The van der Waals surface area contributed by atoms with E-state index in [0.29, 0.717) is 0 Å². The van der Waals surface area contributed by atoms with Crippen molar-refractivity contribution in [3.8, 4) is 0 Å². The van der Waals surface area contributed by atoms with E-state index in [1.807, 2.05) is 0 Å². The number of aryl methyl sites for hydroxylation is 2. The van der Waals surface area contributed by atoms with E-state index in [9.17, 15) is 14.0 Å². The Morgan fingerprint density at radius 1 is 1.40 bits per heavy atom. The monoisotopic (exact) mass is 277 g/mol. The predicted molar refractivity (Wildman–Crippen MR) is 69.3 cm³/mol. The Morgan fingerprint density at radius 2 is 2.10 bits per heavy atom. The number of hydrogen-bond acceptors (Lipinski definition) is 3. The number of nitrogens with one attached hydrogen (secondary N) is 1. The second kappa shape index (κ2) is 5.12. The topological polar surface area (TPSA) is 84.2 Å². The van der Waals surface area contributed by atoms with Crippen LogP contribution >= 0.6 is 0 Å². The minimum Gasteiger partial charge on any atom is -0.478 e. The molecule has 2 aromatic rings. The number of aromatic carboxylic acids is 1. The Hall–Kier alpha value is -2.70. The van der Waals surface area contributed by atoms with Gasteiger partial charge in [-0.1, -0.05) is 6.07 Å². The lowest BCUT2D eigenvalue weighted by Gasteiger charge is -2.06. The first kappa shape index (κ1) is 13.7. The molecule has 0 fully saturated rings. The lowest BCUT2D eigenvalue weighted by Crippen LogP contribution is -2.17. The molecule has 0 aliphatic heterocycles. The van der Waals surface area contributed by atoms with Crippen molar-refractivity contribution in [2.75, 3.05) is 5.32 Å². The Morgan fingerprint density at radius 3 is 2.75 bits per heavy atom. The number of amides is 1. The molecule has 2 rings (SSSR count). The Kier molecular flexibility index (Phi) is 3.51.